The zero-order valence-corrected chi connectivity index (χ0v) is 12.4. The molecule has 1 saturated heterocycles. The van der Waals surface area contributed by atoms with Crippen LogP contribution in [0.4, 0.5) is 4.39 Å². The number of hydrogen-bond acceptors (Lipinski definition) is 3. The molecule has 1 fully saturated rings. The van der Waals surface area contributed by atoms with Crippen LogP contribution in [0.3, 0.4) is 0 Å². The molecule has 0 radical (unpaired) electrons. The van der Waals surface area contributed by atoms with Gasteiger partial charge in [-0.1, -0.05) is 20.8 Å². The van der Waals surface area contributed by atoms with Crippen molar-refractivity contribution in [2.24, 2.45) is 5.92 Å². The van der Waals surface area contributed by atoms with Gasteiger partial charge in [-0.05, 0) is 31.8 Å². The molecule has 1 aliphatic rings. The van der Waals surface area contributed by atoms with Crippen LogP contribution in [0.25, 0.3) is 0 Å². The lowest BCUT2D eigenvalue weighted by Gasteiger charge is -2.29. The number of aromatic nitrogens is 1. The van der Waals surface area contributed by atoms with Crippen molar-refractivity contribution in [1.82, 2.24) is 9.88 Å². The maximum absolute atomic E-state index is 12.5. The molecule has 0 aliphatic carbocycles. The van der Waals surface area contributed by atoms with Crippen molar-refractivity contribution in [1.29, 1.82) is 0 Å². The van der Waals surface area contributed by atoms with Crippen LogP contribution in [-0.2, 0) is 12.0 Å². The van der Waals surface area contributed by atoms with E-state index in [4.69, 9.17) is 4.98 Å². The summed E-state index contributed by atoms with van der Waals surface area (Å²) in [6, 6.07) is 0. The average Bonchev–Trinajstić information content (AvgIpc) is 2.78. The van der Waals surface area contributed by atoms with E-state index in [1.807, 2.05) is 0 Å². The van der Waals surface area contributed by atoms with E-state index in [0.29, 0.717) is 5.92 Å². The number of alkyl halides is 1. The summed E-state index contributed by atoms with van der Waals surface area (Å²) in [7, 11) is 0. The number of nitrogens with zero attached hydrogens (tertiary/aromatic N) is 2. The van der Waals surface area contributed by atoms with Gasteiger partial charge in [0.15, 0.2) is 0 Å². The summed E-state index contributed by atoms with van der Waals surface area (Å²) in [5.41, 5.74) is 1.32. The van der Waals surface area contributed by atoms with E-state index in [0.717, 1.165) is 32.5 Å². The Labute approximate surface area is 113 Å². The fraction of sp³-hybridized carbons (Fsp3) is 0.786. The highest BCUT2D eigenvalue weighted by Gasteiger charge is 2.21. The summed E-state index contributed by atoms with van der Waals surface area (Å²) in [6.45, 7) is 9.38. The maximum atomic E-state index is 12.5. The molecule has 0 saturated carbocycles. The lowest BCUT2D eigenvalue weighted by atomic mass is 9.93. The second-order valence-corrected chi connectivity index (χ2v) is 7.19. The van der Waals surface area contributed by atoms with Gasteiger partial charge in [0.25, 0.3) is 0 Å². The smallest absolute Gasteiger partial charge is 0.107 e. The Bertz CT molecular complexity index is 375. The Morgan fingerprint density at radius 2 is 2.06 bits per heavy atom. The first-order valence-corrected chi connectivity index (χ1v) is 7.60. The highest BCUT2D eigenvalue weighted by molar-refractivity contribution is 7.09. The molecule has 0 unspecified atom stereocenters. The van der Waals surface area contributed by atoms with Crippen LogP contribution in [0.1, 0.15) is 44.3 Å². The summed E-state index contributed by atoms with van der Waals surface area (Å²) in [5.74, 6) is 0.294. The van der Waals surface area contributed by atoms with Gasteiger partial charge in [0, 0.05) is 10.8 Å². The van der Waals surface area contributed by atoms with Crippen molar-refractivity contribution in [2.45, 2.75) is 45.6 Å². The maximum Gasteiger partial charge on any atom is 0.107 e. The molecule has 0 amide bonds. The van der Waals surface area contributed by atoms with E-state index in [9.17, 15) is 4.39 Å². The lowest BCUT2D eigenvalue weighted by Crippen LogP contribution is -2.33. The van der Waals surface area contributed by atoms with Gasteiger partial charge in [0.1, 0.15) is 5.01 Å². The number of likely N-dealkylation sites (tertiary alicyclic amines) is 1. The number of thiazole rings is 1. The van der Waals surface area contributed by atoms with Crippen LogP contribution in [-0.4, -0.2) is 29.6 Å². The third kappa shape index (κ3) is 3.51. The van der Waals surface area contributed by atoms with E-state index in [1.165, 1.54) is 10.7 Å². The number of rotatable bonds is 3. The molecule has 0 spiro atoms. The van der Waals surface area contributed by atoms with Crippen molar-refractivity contribution in [3.8, 4) is 0 Å². The minimum Gasteiger partial charge on any atom is -0.297 e. The summed E-state index contributed by atoms with van der Waals surface area (Å²) in [5, 5.41) is 3.36. The van der Waals surface area contributed by atoms with Gasteiger partial charge in [-0.2, -0.15) is 0 Å². The number of hydrogen-bond donors (Lipinski definition) is 0. The standard InChI is InChI=1S/C14H23FN2S/c1-14(2,3)12-10-18-13(16-12)9-17-6-4-11(8-15)5-7-17/h10-11H,4-9H2,1-3H3. The summed E-state index contributed by atoms with van der Waals surface area (Å²) >= 11 is 1.75. The molecular formula is C14H23FN2S. The van der Waals surface area contributed by atoms with E-state index in [-0.39, 0.29) is 12.1 Å². The molecule has 2 rings (SSSR count). The first-order valence-electron chi connectivity index (χ1n) is 6.72. The number of halogens is 1. The second-order valence-electron chi connectivity index (χ2n) is 6.25. The zero-order chi connectivity index (χ0) is 13.2. The summed E-state index contributed by atoms with van der Waals surface area (Å²) in [6.07, 6.45) is 1.99. The van der Waals surface area contributed by atoms with Crippen molar-refractivity contribution in [3.63, 3.8) is 0 Å². The minimum absolute atomic E-state index is 0.135. The third-order valence-electron chi connectivity index (χ3n) is 3.60. The Morgan fingerprint density at radius 3 is 2.56 bits per heavy atom. The van der Waals surface area contributed by atoms with Gasteiger partial charge >= 0.3 is 0 Å². The van der Waals surface area contributed by atoms with E-state index in [1.54, 1.807) is 11.3 Å². The Hall–Kier alpha value is -0.480. The highest BCUT2D eigenvalue weighted by Crippen LogP contribution is 2.25. The van der Waals surface area contributed by atoms with Crippen molar-refractivity contribution in [3.05, 3.63) is 16.1 Å². The number of piperidine rings is 1. The van der Waals surface area contributed by atoms with Crippen LogP contribution in [0.5, 0.6) is 0 Å². The van der Waals surface area contributed by atoms with Crippen LogP contribution in [0.15, 0.2) is 5.38 Å². The van der Waals surface area contributed by atoms with Gasteiger partial charge in [-0.15, -0.1) is 11.3 Å². The van der Waals surface area contributed by atoms with Gasteiger partial charge in [0.05, 0.1) is 18.9 Å². The fourth-order valence-electron chi connectivity index (χ4n) is 2.22. The highest BCUT2D eigenvalue weighted by atomic mass is 32.1. The molecular weight excluding hydrogens is 247 g/mol. The quantitative estimate of drug-likeness (QED) is 0.834. The molecule has 2 heterocycles. The molecule has 0 atom stereocenters. The van der Waals surface area contributed by atoms with Crippen LogP contribution < -0.4 is 0 Å². The molecule has 102 valence electrons. The molecule has 0 bridgehead atoms. The Balaban J connectivity index is 1.89. The van der Waals surface area contributed by atoms with E-state index >= 15 is 0 Å². The molecule has 1 aromatic rings. The Morgan fingerprint density at radius 1 is 1.39 bits per heavy atom. The van der Waals surface area contributed by atoms with Gasteiger partial charge < -0.3 is 0 Å². The third-order valence-corrected chi connectivity index (χ3v) is 4.44. The Kier molecular flexibility index (Phi) is 4.38. The van der Waals surface area contributed by atoms with Gasteiger partial charge in [0.2, 0.25) is 0 Å². The first-order chi connectivity index (χ1) is 8.49. The molecule has 4 heteroatoms. The van der Waals surface area contributed by atoms with Crippen LogP contribution in [0, 0.1) is 5.92 Å². The predicted molar refractivity (Wildman–Crippen MR) is 74.8 cm³/mol. The molecule has 1 aromatic heterocycles. The van der Waals surface area contributed by atoms with Crippen molar-refractivity contribution >= 4 is 11.3 Å². The average molecular weight is 270 g/mol. The predicted octanol–water partition coefficient (Wildman–Crippen LogP) is 3.62. The summed E-state index contributed by atoms with van der Waals surface area (Å²) < 4.78 is 12.5. The van der Waals surface area contributed by atoms with Crippen LogP contribution in [0.2, 0.25) is 0 Å². The largest absolute Gasteiger partial charge is 0.297 e. The van der Waals surface area contributed by atoms with Gasteiger partial charge in [-0.3, -0.25) is 9.29 Å². The van der Waals surface area contributed by atoms with Crippen molar-refractivity contribution in [2.75, 3.05) is 19.8 Å². The molecule has 1 aliphatic heterocycles. The molecule has 0 N–H and O–H groups in total. The van der Waals surface area contributed by atoms with Crippen molar-refractivity contribution < 1.29 is 4.39 Å². The molecule has 0 aromatic carbocycles. The normalized spacial score (nSPS) is 19.3. The van der Waals surface area contributed by atoms with E-state index < -0.39 is 0 Å². The second kappa shape index (κ2) is 5.66. The topological polar surface area (TPSA) is 16.1 Å². The zero-order valence-electron chi connectivity index (χ0n) is 11.6. The lowest BCUT2D eigenvalue weighted by molar-refractivity contribution is 0.159. The van der Waals surface area contributed by atoms with Crippen LogP contribution >= 0.6 is 11.3 Å². The molecule has 18 heavy (non-hydrogen) atoms. The SMILES string of the molecule is CC(C)(C)c1csc(CN2CCC(CF)CC2)n1. The van der Waals surface area contributed by atoms with E-state index in [2.05, 4.69) is 31.1 Å². The monoisotopic (exact) mass is 270 g/mol. The first kappa shape index (κ1) is 13.9. The van der Waals surface area contributed by atoms with Gasteiger partial charge in [-0.25, -0.2) is 4.98 Å². The molecule has 2 nitrogen and oxygen atoms in total. The minimum atomic E-state index is -0.154. The summed E-state index contributed by atoms with van der Waals surface area (Å²) in [4.78, 5) is 7.12. The fourth-order valence-corrected chi connectivity index (χ4v) is 3.28.